The number of hydrogen-bond donors (Lipinski definition) is 5. The van der Waals surface area contributed by atoms with Gasteiger partial charge in [0.1, 0.15) is 0 Å². The first kappa shape index (κ1) is 23.7. The van der Waals surface area contributed by atoms with E-state index in [0.29, 0.717) is 63.9 Å². The van der Waals surface area contributed by atoms with Crippen LogP contribution in [0.2, 0.25) is 0 Å². The van der Waals surface area contributed by atoms with Crippen molar-refractivity contribution in [3.63, 3.8) is 0 Å². The number of benzene rings is 1. The van der Waals surface area contributed by atoms with Crippen molar-refractivity contribution in [2.24, 2.45) is 5.73 Å². The van der Waals surface area contributed by atoms with Gasteiger partial charge in [-0.15, -0.1) is 0 Å². The Morgan fingerprint density at radius 1 is 0.933 bits per heavy atom. The topological polar surface area (TPSA) is 139 Å². The van der Waals surface area contributed by atoms with Gasteiger partial charge in [0.05, 0.1) is 39.1 Å². The van der Waals surface area contributed by atoms with Crippen molar-refractivity contribution in [1.29, 1.82) is 0 Å². The van der Waals surface area contributed by atoms with Crippen molar-refractivity contribution in [1.82, 2.24) is 15.0 Å². The minimum Gasteiger partial charge on any atom is -0.394 e. The number of aliphatic hydroxyl groups excluding tert-OH is 1. The van der Waals surface area contributed by atoms with E-state index in [9.17, 15) is 5.11 Å². The minimum atomic E-state index is -0.126. The quantitative estimate of drug-likeness (QED) is 0.251. The molecule has 0 spiro atoms. The lowest BCUT2D eigenvalue weighted by molar-refractivity contribution is 0.0547. The Morgan fingerprint density at radius 2 is 1.60 bits per heavy atom. The molecule has 1 aromatic heterocycles. The van der Waals surface area contributed by atoms with Crippen LogP contribution in [0.25, 0.3) is 0 Å². The van der Waals surface area contributed by atoms with Crippen molar-refractivity contribution in [3.05, 3.63) is 35.9 Å². The molecule has 1 heterocycles. The molecule has 166 valence electrons. The molecule has 0 aliphatic heterocycles. The predicted octanol–water partition coefficient (Wildman–Crippen LogP) is 1.07. The lowest BCUT2D eigenvalue weighted by Crippen LogP contribution is -2.25. The van der Waals surface area contributed by atoms with Gasteiger partial charge in [0.25, 0.3) is 0 Å². The SMILES string of the molecule is CC[C@H](CO)Nc1nc(NCCOCCOCCN)nc(NCc2ccccc2)n1. The maximum atomic E-state index is 9.46. The first-order valence-electron chi connectivity index (χ1n) is 10.3. The Morgan fingerprint density at radius 3 is 2.27 bits per heavy atom. The van der Waals surface area contributed by atoms with Crippen LogP contribution in [0.5, 0.6) is 0 Å². The number of aromatic nitrogens is 3. The molecule has 0 saturated heterocycles. The first-order chi connectivity index (χ1) is 14.7. The van der Waals surface area contributed by atoms with Crippen LogP contribution in [-0.4, -0.2) is 72.2 Å². The largest absolute Gasteiger partial charge is 0.394 e. The fraction of sp³-hybridized carbons (Fsp3) is 0.550. The molecule has 10 nitrogen and oxygen atoms in total. The van der Waals surface area contributed by atoms with Gasteiger partial charge < -0.3 is 36.3 Å². The zero-order valence-electron chi connectivity index (χ0n) is 17.5. The maximum Gasteiger partial charge on any atom is 0.229 e. The lowest BCUT2D eigenvalue weighted by Gasteiger charge is -2.16. The summed E-state index contributed by atoms with van der Waals surface area (Å²) in [5, 5.41) is 19.0. The average molecular weight is 420 g/mol. The van der Waals surface area contributed by atoms with E-state index >= 15 is 0 Å². The number of hydrogen-bond acceptors (Lipinski definition) is 10. The first-order valence-corrected chi connectivity index (χ1v) is 10.3. The summed E-state index contributed by atoms with van der Waals surface area (Å²) in [6, 6.07) is 9.87. The molecule has 0 aliphatic rings. The van der Waals surface area contributed by atoms with Crippen molar-refractivity contribution < 1.29 is 14.6 Å². The molecule has 30 heavy (non-hydrogen) atoms. The Balaban J connectivity index is 1.91. The third-order valence-electron chi connectivity index (χ3n) is 4.14. The molecule has 6 N–H and O–H groups in total. The summed E-state index contributed by atoms with van der Waals surface area (Å²) >= 11 is 0. The second kappa shape index (κ2) is 14.5. The van der Waals surface area contributed by atoms with Crippen LogP contribution in [0.4, 0.5) is 17.8 Å². The fourth-order valence-electron chi connectivity index (χ4n) is 2.48. The van der Waals surface area contributed by atoms with E-state index in [-0.39, 0.29) is 12.6 Å². The van der Waals surface area contributed by atoms with Gasteiger partial charge in [-0.25, -0.2) is 0 Å². The summed E-state index contributed by atoms with van der Waals surface area (Å²) in [7, 11) is 0. The summed E-state index contributed by atoms with van der Waals surface area (Å²) in [4.78, 5) is 13.2. The van der Waals surface area contributed by atoms with Crippen LogP contribution >= 0.6 is 0 Å². The molecular formula is C20H33N7O3. The number of nitrogens with two attached hydrogens (primary N) is 1. The summed E-state index contributed by atoms with van der Waals surface area (Å²) in [6.07, 6.45) is 0.748. The van der Waals surface area contributed by atoms with Crippen LogP contribution in [0.1, 0.15) is 18.9 Å². The van der Waals surface area contributed by atoms with Crippen LogP contribution in [0, 0.1) is 0 Å². The second-order valence-electron chi connectivity index (χ2n) is 6.52. The Bertz CT molecular complexity index is 702. The smallest absolute Gasteiger partial charge is 0.229 e. The Labute approximate surface area is 177 Å². The molecule has 0 aliphatic carbocycles. The van der Waals surface area contributed by atoms with E-state index in [2.05, 4.69) is 30.9 Å². The zero-order chi connectivity index (χ0) is 21.4. The Kier molecular flexibility index (Phi) is 11.4. The van der Waals surface area contributed by atoms with E-state index in [1.165, 1.54) is 0 Å². The molecule has 0 unspecified atom stereocenters. The molecule has 0 bridgehead atoms. The normalized spacial score (nSPS) is 11.8. The van der Waals surface area contributed by atoms with E-state index < -0.39 is 0 Å². The van der Waals surface area contributed by atoms with Crippen LogP contribution in [0.3, 0.4) is 0 Å². The highest BCUT2D eigenvalue weighted by atomic mass is 16.5. The van der Waals surface area contributed by atoms with Crippen LogP contribution in [0.15, 0.2) is 30.3 Å². The molecule has 2 aromatic rings. The van der Waals surface area contributed by atoms with Crippen molar-refractivity contribution in [2.75, 3.05) is 62.1 Å². The fourth-order valence-corrected chi connectivity index (χ4v) is 2.48. The summed E-state index contributed by atoms with van der Waals surface area (Å²) < 4.78 is 10.8. The van der Waals surface area contributed by atoms with E-state index in [1.54, 1.807) is 0 Å². The molecule has 10 heteroatoms. The number of anilines is 3. The Hall–Kier alpha value is -2.53. The number of nitrogens with zero attached hydrogens (tertiary/aromatic N) is 3. The van der Waals surface area contributed by atoms with Gasteiger partial charge in [0.15, 0.2) is 0 Å². The van der Waals surface area contributed by atoms with E-state index in [0.717, 1.165) is 12.0 Å². The molecule has 1 atom stereocenters. The molecular weight excluding hydrogens is 386 g/mol. The highest BCUT2D eigenvalue weighted by molar-refractivity contribution is 5.43. The molecule has 1 aromatic carbocycles. The second-order valence-corrected chi connectivity index (χ2v) is 6.52. The standard InChI is InChI=1S/C20H33N7O3/c1-2-17(15-28)24-20-26-18(22-9-11-30-13-12-29-10-8-21)25-19(27-20)23-14-16-6-4-3-5-7-16/h3-7,17,28H,2,8-15,21H2,1H3,(H3,22,23,24,25,26,27)/t17-/m1/s1. The average Bonchev–Trinajstić information content (AvgIpc) is 2.78. The van der Waals surface area contributed by atoms with Crippen LogP contribution < -0.4 is 21.7 Å². The maximum absolute atomic E-state index is 9.46. The monoisotopic (exact) mass is 419 g/mol. The molecule has 2 rings (SSSR count). The molecule has 0 radical (unpaired) electrons. The highest BCUT2D eigenvalue weighted by Gasteiger charge is 2.10. The molecule has 0 saturated carbocycles. The zero-order valence-corrected chi connectivity index (χ0v) is 17.5. The van der Waals surface area contributed by atoms with Crippen molar-refractivity contribution >= 4 is 17.8 Å². The van der Waals surface area contributed by atoms with Crippen molar-refractivity contribution in [3.8, 4) is 0 Å². The number of rotatable bonds is 16. The van der Waals surface area contributed by atoms with E-state index in [4.69, 9.17) is 15.2 Å². The van der Waals surface area contributed by atoms with Gasteiger partial charge >= 0.3 is 0 Å². The number of nitrogens with one attached hydrogen (secondary N) is 3. The summed E-state index contributed by atoms with van der Waals surface area (Å²) in [6.45, 7) is 5.66. The number of aliphatic hydroxyl groups is 1. The highest BCUT2D eigenvalue weighted by Crippen LogP contribution is 2.12. The summed E-state index contributed by atoms with van der Waals surface area (Å²) in [5.41, 5.74) is 6.48. The number of ether oxygens (including phenoxy) is 2. The van der Waals surface area contributed by atoms with E-state index in [1.807, 2.05) is 37.3 Å². The molecule has 0 amide bonds. The van der Waals surface area contributed by atoms with Crippen LogP contribution in [-0.2, 0) is 16.0 Å². The van der Waals surface area contributed by atoms with Gasteiger partial charge in [-0.3, -0.25) is 0 Å². The minimum absolute atomic E-state index is 0.00219. The summed E-state index contributed by atoms with van der Waals surface area (Å²) in [5.74, 6) is 1.28. The van der Waals surface area contributed by atoms with Crippen molar-refractivity contribution in [2.45, 2.75) is 25.9 Å². The third-order valence-corrected chi connectivity index (χ3v) is 4.14. The van der Waals surface area contributed by atoms with Gasteiger partial charge in [0, 0.05) is 19.6 Å². The van der Waals surface area contributed by atoms with Gasteiger partial charge in [-0.1, -0.05) is 37.3 Å². The molecule has 0 fully saturated rings. The predicted molar refractivity (Wildman–Crippen MR) is 118 cm³/mol. The third kappa shape index (κ3) is 9.31. The van der Waals surface area contributed by atoms with Gasteiger partial charge in [0.2, 0.25) is 17.8 Å². The van der Waals surface area contributed by atoms with Gasteiger partial charge in [-0.05, 0) is 12.0 Å². The van der Waals surface area contributed by atoms with Gasteiger partial charge in [-0.2, -0.15) is 15.0 Å². The lowest BCUT2D eigenvalue weighted by atomic mass is 10.2.